The minimum Gasteiger partial charge on any atom is -0.333 e. The summed E-state index contributed by atoms with van der Waals surface area (Å²) in [6.45, 7) is 0.760. The first kappa shape index (κ1) is 11.8. The van der Waals surface area contributed by atoms with E-state index in [9.17, 15) is 0 Å². The second-order valence-electron chi connectivity index (χ2n) is 3.51. The molecule has 0 spiro atoms. The topological polar surface area (TPSA) is 15.3 Å². The number of nitrogens with zero attached hydrogens (tertiary/aromatic N) is 1. The number of hydrogen-bond acceptors (Lipinski definition) is 3. The van der Waals surface area contributed by atoms with Gasteiger partial charge in [0.2, 0.25) is 0 Å². The normalized spacial score (nSPS) is 15.4. The molecule has 1 fully saturated rings. The molecule has 84 valence electrons. The Morgan fingerprint density at radius 1 is 1.25 bits per heavy atom. The third-order valence-electron chi connectivity index (χ3n) is 2.23. The minimum absolute atomic E-state index is 0.755. The van der Waals surface area contributed by atoms with E-state index >= 15 is 0 Å². The Labute approximate surface area is 110 Å². The second-order valence-corrected chi connectivity index (χ2v) is 5.35. The molecule has 1 aliphatic rings. The summed E-state index contributed by atoms with van der Waals surface area (Å²) in [6.07, 6.45) is 0. The van der Waals surface area contributed by atoms with Crippen molar-refractivity contribution in [1.82, 2.24) is 10.2 Å². The number of hydrogen-bond donors (Lipinski definition) is 1. The van der Waals surface area contributed by atoms with Crippen molar-refractivity contribution < 1.29 is 0 Å². The Hall–Kier alpha value is -0.650. The van der Waals surface area contributed by atoms with Gasteiger partial charge in [-0.25, -0.2) is 0 Å². The summed E-state index contributed by atoms with van der Waals surface area (Å²) in [5.41, 5.74) is 1.34. The monoisotopic (exact) mass is 268 g/mol. The van der Waals surface area contributed by atoms with Crippen molar-refractivity contribution in [1.29, 1.82) is 0 Å². The molecule has 2 rings (SSSR count). The Balaban J connectivity index is 1.76. The molecule has 0 aromatic heterocycles. The Morgan fingerprint density at radius 3 is 2.62 bits per heavy atom. The van der Waals surface area contributed by atoms with Crippen molar-refractivity contribution in [2.75, 3.05) is 12.4 Å². The van der Waals surface area contributed by atoms with E-state index < -0.39 is 0 Å². The van der Waals surface area contributed by atoms with Crippen LogP contribution in [0.5, 0.6) is 0 Å². The molecule has 0 aliphatic carbocycles. The van der Waals surface area contributed by atoms with Gasteiger partial charge in [-0.1, -0.05) is 42.5 Å². The highest BCUT2D eigenvalue weighted by Crippen LogP contribution is 2.14. The fraction of sp³-hybridized carbons (Fsp3) is 0.273. The highest BCUT2D eigenvalue weighted by Gasteiger charge is 2.19. The molecule has 1 aromatic carbocycles. The van der Waals surface area contributed by atoms with E-state index in [1.807, 2.05) is 17.8 Å². The molecule has 1 saturated heterocycles. The molecule has 0 radical (unpaired) electrons. The van der Waals surface area contributed by atoms with Crippen molar-refractivity contribution in [3.8, 4) is 0 Å². The molecule has 0 unspecified atom stereocenters. The molecule has 2 nitrogen and oxygen atoms in total. The maximum atomic E-state index is 5.16. The van der Waals surface area contributed by atoms with Crippen molar-refractivity contribution in [2.24, 2.45) is 0 Å². The van der Waals surface area contributed by atoms with Gasteiger partial charge in [-0.3, -0.25) is 0 Å². The molecular formula is C11H12N2S3. The average Bonchev–Trinajstić information content (AvgIpc) is 2.59. The van der Waals surface area contributed by atoms with Crippen molar-refractivity contribution >= 4 is 46.3 Å². The van der Waals surface area contributed by atoms with Crippen molar-refractivity contribution in [2.45, 2.75) is 5.75 Å². The number of thioether (sulfide) groups is 1. The first-order valence-corrected chi connectivity index (χ1v) is 6.93. The van der Waals surface area contributed by atoms with Gasteiger partial charge in [-0.05, 0) is 17.8 Å². The van der Waals surface area contributed by atoms with E-state index in [0.29, 0.717) is 0 Å². The molecule has 0 atom stereocenters. The van der Waals surface area contributed by atoms with Gasteiger partial charge in [0.25, 0.3) is 0 Å². The van der Waals surface area contributed by atoms with Crippen LogP contribution in [0, 0.1) is 0 Å². The summed E-state index contributed by atoms with van der Waals surface area (Å²) in [5.74, 6) is 1.90. The summed E-state index contributed by atoms with van der Waals surface area (Å²) < 4.78 is 0. The van der Waals surface area contributed by atoms with Crippen LogP contribution in [0.3, 0.4) is 0 Å². The van der Waals surface area contributed by atoms with E-state index in [4.69, 9.17) is 24.4 Å². The lowest BCUT2D eigenvalue weighted by Crippen LogP contribution is -2.27. The summed E-state index contributed by atoms with van der Waals surface area (Å²) in [7, 11) is 0. The van der Waals surface area contributed by atoms with Gasteiger partial charge in [-0.2, -0.15) is 0 Å². The van der Waals surface area contributed by atoms with Crippen LogP contribution in [-0.2, 0) is 5.75 Å². The van der Waals surface area contributed by atoms with Crippen molar-refractivity contribution in [3.05, 3.63) is 35.9 Å². The SMILES string of the molecule is S=C1CN(CSCc2ccccc2)C(=S)N1. The van der Waals surface area contributed by atoms with Crippen LogP contribution >= 0.6 is 36.2 Å². The van der Waals surface area contributed by atoms with Gasteiger partial charge in [0, 0.05) is 5.75 Å². The molecule has 5 heteroatoms. The van der Waals surface area contributed by atoms with Gasteiger partial charge in [0.15, 0.2) is 5.11 Å². The molecule has 1 heterocycles. The Morgan fingerprint density at radius 2 is 2.00 bits per heavy atom. The molecule has 1 N–H and O–H groups in total. The van der Waals surface area contributed by atoms with Crippen LogP contribution in [0.4, 0.5) is 0 Å². The zero-order valence-corrected chi connectivity index (χ0v) is 11.1. The smallest absolute Gasteiger partial charge is 0.174 e. The first-order chi connectivity index (χ1) is 7.75. The lowest BCUT2D eigenvalue weighted by molar-refractivity contribution is 0.585. The lowest BCUT2D eigenvalue weighted by Gasteiger charge is -2.14. The average molecular weight is 268 g/mol. The summed E-state index contributed by atoms with van der Waals surface area (Å²) in [6, 6.07) is 10.4. The number of benzene rings is 1. The van der Waals surface area contributed by atoms with Crippen LogP contribution < -0.4 is 5.32 Å². The van der Waals surface area contributed by atoms with Crippen LogP contribution in [-0.4, -0.2) is 27.4 Å². The van der Waals surface area contributed by atoms with Crippen LogP contribution in [0.1, 0.15) is 5.56 Å². The third-order valence-corrected chi connectivity index (χ3v) is 3.85. The molecular weight excluding hydrogens is 256 g/mol. The van der Waals surface area contributed by atoms with Crippen LogP contribution in [0.25, 0.3) is 0 Å². The zero-order valence-electron chi connectivity index (χ0n) is 8.68. The number of rotatable bonds is 4. The van der Waals surface area contributed by atoms with Gasteiger partial charge in [0.1, 0.15) is 4.99 Å². The van der Waals surface area contributed by atoms with Crippen molar-refractivity contribution in [3.63, 3.8) is 0 Å². The predicted molar refractivity (Wildman–Crippen MR) is 77.6 cm³/mol. The highest BCUT2D eigenvalue weighted by atomic mass is 32.2. The maximum absolute atomic E-state index is 5.16. The number of nitrogens with one attached hydrogen (secondary N) is 1. The predicted octanol–water partition coefficient (Wildman–Crippen LogP) is 2.39. The van der Waals surface area contributed by atoms with Gasteiger partial charge in [-0.15, -0.1) is 11.8 Å². The summed E-state index contributed by atoms with van der Waals surface area (Å²) >= 11 is 12.1. The minimum atomic E-state index is 0.755. The molecule has 0 bridgehead atoms. The largest absolute Gasteiger partial charge is 0.333 e. The fourth-order valence-corrected chi connectivity index (χ4v) is 3.05. The highest BCUT2D eigenvalue weighted by molar-refractivity contribution is 7.98. The van der Waals surface area contributed by atoms with Crippen LogP contribution in [0.2, 0.25) is 0 Å². The number of thiocarbonyl (C=S) groups is 2. The second kappa shape index (κ2) is 5.61. The lowest BCUT2D eigenvalue weighted by atomic mass is 10.2. The zero-order chi connectivity index (χ0) is 11.4. The van der Waals surface area contributed by atoms with Gasteiger partial charge >= 0.3 is 0 Å². The standard InChI is InChI=1S/C11H12N2S3/c14-10-6-13(11(15)12-10)8-16-7-9-4-2-1-3-5-9/h1-5H,6-8H2,(H,12,14,15). The summed E-state index contributed by atoms with van der Waals surface area (Å²) in [5, 5.41) is 3.75. The maximum Gasteiger partial charge on any atom is 0.174 e. The molecule has 1 aliphatic heterocycles. The molecule has 0 saturated carbocycles. The van der Waals surface area contributed by atoms with E-state index in [-0.39, 0.29) is 0 Å². The Kier molecular flexibility index (Phi) is 4.15. The van der Waals surface area contributed by atoms with E-state index in [1.165, 1.54) is 5.56 Å². The Bertz CT molecular complexity index is 391. The third kappa shape index (κ3) is 3.17. The fourth-order valence-electron chi connectivity index (χ4n) is 1.44. The first-order valence-electron chi connectivity index (χ1n) is 4.96. The van der Waals surface area contributed by atoms with E-state index in [2.05, 4.69) is 34.5 Å². The quantitative estimate of drug-likeness (QED) is 0.841. The van der Waals surface area contributed by atoms with E-state index in [0.717, 1.165) is 28.3 Å². The summed E-state index contributed by atoms with van der Waals surface area (Å²) in [4.78, 5) is 2.91. The van der Waals surface area contributed by atoms with Gasteiger partial charge < -0.3 is 10.2 Å². The molecule has 0 amide bonds. The van der Waals surface area contributed by atoms with E-state index in [1.54, 1.807) is 0 Å². The molecule has 16 heavy (non-hydrogen) atoms. The molecule has 1 aromatic rings. The van der Waals surface area contributed by atoms with Crippen LogP contribution in [0.15, 0.2) is 30.3 Å². The van der Waals surface area contributed by atoms with Gasteiger partial charge in [0.05, 0.1) is 12.4 Å².